The Bertz CT molecular complexity index is 550. The van der Waals surface area contributed by atoms with Gasteiger partial charge in [0.2, 0.25) is 5.91 Å². The highest BCUT2D eigenvalue weighted by Gasteiger charge is 2.13. The first-order chi connectivity index (χ1) is 9.65. The Morgan fingerprint density at radius 3 is 2.75 bits per heavy atom. The molecule has 0 aliphatic carbocycles. The first-order valence-electron chi connectivity index (χ1n) is 6.71. The molecule has 0 unspecified atom stereocenters. The van der Waals surface area contributed by atoms with Crippen molar-refractivity contribution in [3.63, 3.8) is 0 Å². The fourth-order valence-electron chi connectivity index (χ4n) is 2.00. The van der Waals surface area contributed by atoms with Gasteiger partial charge in [-0.05, 0) is 18.1 Å². The summed E-state index contributed by atoms with van der Waals surface area (Å²) >= 11 is 0. The Morgan fingerprint density at radius 1 is 1.35 bits per heavy atom. The lowest BCUT2D eigenvalue weighted by molar-refractivity contribution is -0.122. The Morgan fingerprint density at radius 2 is 2.10 bits per heavy atom. The van der Waals surface area contributed by atoms with E-state index in [1.54, 1.807) is 4.68 Å². The van der Waals surface area contributed by atoms with E-state index >= 15 is 0 Å². The summed E-state index contributed by atoms with van der Waals surface area (Å²) in [6.07, 6.45) is 3.15. The molecule has 0 radical (unpaired) electrons. The van der Waals surface area contributed by atoms with E-state index in [0.717, 1.165) is 11.3 Å². The minimum absolute atomic E-state index is 0.121. The summed E-state index contributed by atoms with van der Waals surface area (Å²) < 4.78 is 1.75. The fourth-order valence-corrected chi connectivity index (χ4v) is 2.00. The van der Waals surface area contributed by atoms with Crippen molar-refractivity contribution < 1.29 is 4.79 Å². The van der Waals surface area contributed by atoms with Gasteiger partial charge in [-0.2, -0.15) is 5.10 Å². The highest BCUT2D eigenvalue weighted by Crippen LogP contribution is 2.02. The number of benzene rings is 1. The van der Waals surface area contributed by atoms with Crippen LogP contribution in [0.2, 0.25) is 0 Å². The summed E-state index contributed by atoms with van der Waals surface area (Å²) in [6, 6.07) is 11.2. The summed E-state index contributed by atoms with van der Waals surface area (Å²) in [5.74, 6) is -0.121. The predicted molar refractivity (Wildman–Crippen MR) is 78.0 cm³/mol. The van der Waals surface area contributed by atoms with Crippen molar-refractivity contribution in [3.05, 3.63) is 53.9 Å². The first kappa shape index (κ1) is 14.3. The lowest BCUT2D eigenvalue weighted by Crippen LogP contribution is -2.42. The second kappa shape index (κ2) is 6.86. The maximum atomic E-state index is 11.9. The SMILES string of the molecule is Cn1ccc(CCNC(=O)[C@H](N)Cc2ccccc2)n1. The number of aromatic nitrogens is 2. The minimum atomic E-state index is -0.513. The molecular formula is C15H20N4O. The van der Waals surface area contributed by atoms with E-state index in [4.69, 9.17) is 5.73 Å². The molecule has 2 rings (SSSR count). The third-order valence-electron chi connectivity index (χ3n) is 3.08. The first-order valence-corrected chi connectivity index (χ1v) is 6.71. The number of hydrogen-bond acceptors (Lipinski definition) is 3. The monoisotopic (exact) mass is 272 g/mol. The molecule has 1 aromatic carbocycles. The van der Waals surface area contributed by atoms with Crippen LogP contribution in [0.15, 0.2) is 42.6 Å². The van der Waals surface area contributed by atoms with Crippen molar-refractivity contribution in [3.8, 4) is 0 Å². The second-order valence-corrected chi connectivity index (χ2v) is 4.82. The van der Waals surface area contributed by atoms with Crippen molar-refractivity contribution >= 4 is 5.91 Å². The molecule has 2 aromatic rings. The number of nitrogens with two attached hydrogens (primary N) is 1. The van der Waals surface area contributed by atoms with E-state index in [0.29, 0.717) is 19.4 Å². The molecule has 0 aliphatic rings. The van der Waals surface area contributed by atoms with Crippen LogP contribution in [0.1, 0.15) is 11.3 Å². The number of amides is 1. The van der Waals surface area contributed by atoms with Gasteiger partial charge in [-0.25, -0.2) is 0 Å². The number of nitrogens with zero attached hydrogens (tertiary/aromatic N) is 2. The van der Waals surface area contributed by atoms with Gasteiger partial charge in [0.25, 0.3) is 0 Å². The molecule has 0 saturated carbocycles. The number of hydrogen-bond donors (Lipinski definition) is 2. The smallest absolute Gasteiger partial charge is 0.237 e. The van der Waals surface area contributed by atoms with Crippen molar-refractivity contribution in [2.24, 2.45) is 12.8 Å². The number of aryl methyl sites for hydroxylation is 1. The third-order valence-corrected chi connectivity index (χ3v) is 3.08. The van der Waals surface area contributed by atoms with E-state index in [9.17, 15) is 4.79 Å². The molecule has 0 bridgehead atoms. The van der Waals surface area contributed by atoms with Crippen LogP contribution >= 0.6 is 0 Å². The average molecular weight is 272 g/mol. The molecule has 106 valence electrons. The molecular weight excluding hydrogens is 252 g/mol. The van der Waals surface area contributed by atoms with E-state index in [-0.39, 0.29) is 5.91 Å². The molecule has 0 spiro atoms. The van der Waals surface area contributed by atoms with Crippen molar-refractivity contribution in [2.75, 3.05) is 6.54 Å². The van der Waals surface area contributed by atoms with Crippen LogP contribution in [-0.4, -0.2) is 28.3 Å². The Balaban J connectivity index is 1.74. The largest absolute Gasteiger partial charge is 0.354 e. The van der Waals surface area contributed by atoms with Gasteiger partial charge in [0, 0.05) is 26.2 Å². The molecule has 0 saturated heterocycles. The highest BCUT2D eigenvalue weighted by molar-refractivity contribution is 5.81. The Hall–Kier alpha value is -2.14. The molecule has 1 amide bonds. The van der Waals surface area contributed by atoms with Crippen LogP contribution < -0.4 is 11.1 Å². The summed E-state index contributed by atoms with van der Waals surface area (Å²) in [5, 5.41) is 7.10. The van der Waals surface area contributed by atoms with Crippen LogP contribution in [0.5, 0.6) is 0 Å². The highest BCUT2D eigenvalue weighted by atomic mass is 16.2. The molecule has 5 heteroatoms. The molecule has 1 aromatic heterocycles. The van der Waals surface area contributed by atoms with Crippen LogP contribution in [0.4, 0.5) is 0 Å². The van der Waals surface area contributed by atoms with Crippen LogP contribution in [-0.2, 0) is 24.7 Å². The lowest BCUT2D eigenvalue weighted by Gasteiger charge is -2.11. The summed E-state index contributed by atoms with van der Waals surface area (Å²) in [6.45, 7) is 0.554. The van der Waals surface area contributed by atoms with E-state index in [1.165, 1.54) is 0 Å². The van der Waals surface area contributed by atoms with Gasteiger partial charge in [0.15, 0.2) is 0 Å². The van der Waals surface area contributed by atoms with Crippen molar-refractivity contribution in [1.29, 1.82) is 0 Å². The van der Waals surface area contributed by atoms with Gasteiger partial charge in [0.1, 0.15) is 0 Å². The number of nitrogens with one attached hydrogen (secondary N) is 1. The van der Waals surface area contributed by atoms with E-state index in [1.807, 2.05) is 49.6 Å². The average Bonchev–Trinajstić information content (AvgIpc) is 2.85. The van der Waals surface area contributed by atoms with Crippen molar-refractivity contribution in [1.82, 2.24) is 15.1 Å². The maximum Gasteiger partial charge on any atom is 0.237 e. The topological polar surface area (TPSA) is 72.9 Å². The minimum Gasteiger partial charge on any atom is -0.354 e. The quantitative estimate of drug-likeness (QED) is 0.811. The number of carbonyl (C=O) groups excluding carboxylic acids is 1. The summed E-state index contributed by atoms with van der Waals surface area (Å²) in [5.41, 5.74) is 7.93. The third kappa shape index (κ3) is 4.20. The van der Waals surface area contributed by atoms with Gasteiger partial charge in [-0.15, -0.1) is 0 Å². The molecule has 1 atom stereocenters. The molecule has 0 aliphatic heterocycles. The van der Waals surface area contributed by atoms with Crippen LogP contribution in [0, 0.1) is 0 Å². The lowest BCUT2D eigenvalue weighted by atomic mass is 10.1. The molecule has 20 heavy (non-hydrogen) atoms. The molecule has 0 fully saturated rings. The predicted octanol–water partition coefficient (Wildman–Crippen LogP) is 0.649. The van der Waals surface area contributed by atoms with Gasteiger partial charge >= 0.3 is 0 Å². The fraction of sp³-hybridized carbons (Fsp3) is 0.333. The van der Waals surface area contributed by atoms with Gasteiger partial charge in [-0.3, -0.25) is 9.48 Å². The zero-order valence-corrected chi connectivity index (χ0v) is 11.6. The maximum absolute atomic E-state index is 11.9. The zero-order valence-electron chi connectivity index (χ0n) is 11.6. The van der Waals surface area contributed by atoms with Crippen molar-refractivity contribution in [2.45, 2.75) is 18.9 Å². The molecule has 5 nitrogen and oxygen atoms in total. The zero-order chi connectivity index (χ0) is 14.4. The van der Waals surface area contributed by atoms with Gasteiger partial charge in [0.05, 0.1) is 11.7 Å². The number of carbonyl (C=O) groups is 1. The number of rotatable bonds is 6. The molecule has 3 N–H and O–H groups in total. The molecule has 1 heterocycles. The second-order valence-electron chi connectivity index (χ2n) is 4.82. The van der Waals surface area contributed by atoms with E-state index < -0.39 is 6.04 Å². The standard InChI is InChI=1S/C15H20N4O/c1-19-10-8-13(18-19)7-9-17-15(20)14(16)11-12-5-3-2-4-6-12/h2-6,8,10,14H,7,9,11,16H2,1H3,(H,17,20)/t14-/m1/s1. The van der Waals surface area contributed by atoms with Gasteiger partial charge in [-0.1, -0.05) is 30.3 Å². The summed E-state index contributed by atoms with van der Waals surface area (Å²) in [7, 11) is 1.87. The Kier molecular flexibility index (Phi) is 4.90. The Labute approximate surface area is 118 Å². The normalized spacial score (nSPS) is 12.1. The van der Waals surface area contributed by atoms with Gasteiger partial charge < -0.3 is 11.1 Å². The van der Waals surface area contributed by atoms with E-state index in [2.05, 4.69) is 10.4 Å². The van der Waals surface area contributed by atoms with Crippen LogP contribution in [0.3, 0.4) is 0 Å². The van der Waals surface area contributed by atoms with Crippen LogP contribution in [0.25, 0.3) is 0 Å². The summed E-state index contributed by atoms with van der Waals surface area (Å²) in [4.78, 5) is 11.9.